The van der Waals surface area contributed by atoms with Crippen LogP contribution in [0, 0.1) is 12.7 Å². The summed E-state index contributed by atoms with van der Waals surface area (Å²) in [5.74, 6) is 0.0713. The van der Waals surface area contributed by atoms with Gasteiger partial charge in [0.15, 0.2) is 0 Å². The molecule has 0 radical (unpaired) electrons. The van der Waals surface area contributed by atoms with E-state index in [0.717, 1.165) is 28.6 Å². The van der Waals surface area contributed by atoms with Crippen LogP contribution < -0.4 is 4.74 Å². The average molecular weight is 357 g/mol. The van der Waals surface area contributed by atoms with Gasteiger partial charge in [0.1, 0.15) is 11.6 Å². The van der Waals surface area contributed by atoms with E-state index in [2.05, 4.69) is 0 Å². The molecule has 2 aromatic carbocycles. The number of thioether (sulfide) groups is 1. The van der Waals surface area contributed by atoms with Crippen molar-refractivity contribution >= 4 is 29.0 Å². The molecule has 128 valence electrons. The predicted octanol–water partition coefficient (Wildman–Crippen LogP) is 4.38. The van der Waals surface area contributed by atoms with Gasteiger partial charge in [0, 0.05) is 0 Å². The van der Waals surface area contributed by atoms with Crippen LogP contribution in [0.2, 0.25) is 0 Å². The van der Waals surface area contributed by atoms with Crippen LogP contribution >= 0.6 is 11.8 Å². The van der Waals surface area contributed by atoms with Gasteiger partial charge in [-0.15, -0.1) is 0 Å². The molecule has 25 heavy (non-hydrogen) atoms. The van der Waals surface area contributed by atoms with Crippen molar-refractivity contribution < 1.29 is 18.7 Å². The second-order valence-corrected chi connectivity index (χ2v) is 6.62. The number of hydrogen-bond donors (Lipinski definition) is 0. The Labute approximate surface area is 149 Å². The normalized spacial score (nSPS) is 16.0. The summed E-state index contributed by atoms with van der Waals surface area (Å²) < 4.78 is 18.2. The topological polar surface area (TPSA) is 46.6 Å². The number of amides is 2. The SMILES string of the molecule is COc1ccc(/C=C2/SC(=O)N(Cc3ccc(F)cc3)C2=O)cc1C. The maximum absolute atomic E-state index is 13.0. The maximum Gasteiger partial charge on any atom is 0.293 e. The molecule has 2 amide bonds. The highest BCUT2D eigenvalue weighted by atomic mass is 32.2. The summed E-state index contributed by atoms with van der Waals surface area (Å²) in [6.45, 7) is 2.04. The Morgan fingerprint density at radius 3 is 2.52 bits per heavy atom. The molecule has 4 nitrogen and oxygen atoms in total. The molecule has 0 aliphatic carbocycles. The summed E-state index contributed by atoms with van der Waals surface area (Å²) in [7, 11) is 1.60. The van der Waals surface area contributed by atoms with Crippen molar-refractivity contribution in [1.82, 2.24) is 4.90 Å². The largest absolute Gasteiger partial charge is 0.496 e. The molecular weight excluding hydrogens is 341 g/mol. The van der Waals surface area contributed by atoms with Crippen molar-refractivity contribution in [3.63, 3.8) is 0 Å². The lowest BCUT2D eigenvalue weighted by Crippen LogP contribution is -2.27. The lowest BCUT2D eigenvalue weighted by molar-refractivity contribution is -0.123. The molecular formula is C19H16FNO3S. The molecule has 1 aliphatic rings. The van der Waals surface area contributed by atoms with Gasteiger partial charge in [-0.25, -0.2) is 4.39 Å². The molecule has 1 fully saturated rings. The van der Waals surface area contributed by atoms with Gasteiger partial charge in [0.2, 0.25) is 0 Å². The third kappa shape index (κ3) is 3.74. The molecule has 0 saturated carbocycles. The van der Waals surface area contributed by atoms with Gasteiger partial charge >= 0.3 is 0 Å². The van der Waals surface area contributed by atoms with Crippen molar-refractivity contribution in [1.29, 1.82) is 0 Å². The molecule has 0 atom stereocenters. The lowest BCUT2D eigenvalue weighted by atomic mass is 10.1. The highest BCUT2D eigenvalue weighted by Crippen LogP contribution is 2.33. The Balaban J connectivity index is 1.80. The number of imide groups is 1. The molecule has 3 rings (SSSR count). The van der Waals surface area contributed by atoms with E-state index in [1.165, 1.54) is 17.0 Å². The first kappa shape index (κ1) is 17.2. The molecule has 1 aliphatic heterocycles. The smallest absolute Gasteiger partial charge is 0.293 e. The van der Waals surface area contributed by atoms with Crippen LogP contribution in [-0.4, -0.2) is 23.2 Å². The van der Waals surface area contributed by atoms with Crippen molar-refractivity contribution in [2.75, 3.05) is 7.11 Å². The van der Waals surface area contributed by atoms with Gasteiger partial charge in [0.25, 0.3) is 11.1 Å². The van der Waals surface area contributed by atoms with Gasteiger partial charge in [-0.3, -0.25) is 14.5 Å². The molecule has 0 bridgehead atoms. The Bertz CT molecular complexity index is 861. The zero-order valence-corrected chi connectivity index (χ0v) is 14.6. The summed E-state index contributed by atoms with van der Waals surface area (Å²) in [6.07, 6.45) is 1.70. The molecule has 6 heteroatoms. The van der Waals surface area contributed by atoms with E-state index in [1.54, 1.807) is 25.3 Å². The van der Waals surface area contributed by atoms with Crippen molar-refractivity contribution in [3.05, 3.63) is 69.9 Å². The summed E-state index contributed by atoms with van der Waals surface area (Å²) >= 11 is 0.908. The number of carbonyl (C=O) groups is 2. The Kier molecular flexibility index (Phi) is 4.90. The van der Waals surface area contributed by atoms with Crippen LogP contribution in [0.25, 0.3) is 6.08 Å². The molecule has 1 saturated heterocycles. The summed E-state index contributed by atoms with van der Waals surface area (Å²) in [5, 5.41) is -0.328. The van der Waals surface area contributed by atoms with Gasteiger partial charge in [0.05, 0.1) is 18.6 Å². The first-order valence-corrected chi connectivity index (χ1v) is 8.44. The third-order valence-electron chi connectivity index (χ3n) is 3.84. The fourth-order valence-corrected chi connectivity index (χ4v) is 3.39. The van der Waals surface area contributed by atoms with E-state index in [9.17, 15) is 14.0 Å². The highest BCUT2D eigenvalue weighted by molar-refractivity contribution is 8.18. The number of rotatable bonds is 4. The fraction of sp³-hybridized carbons (Fsp3) is 0.158. The second kappa shape index (κ2) is 7.11. The van der Waals surface area contributed by atoms with Gasteiger partial charge in [-0.05, 0) is 65.7 Å². The van der Waals surface area contributed by atoms with Crippen LogP contribution in [0.15, 0.2) is 47.4 Å². The van der Waals surface area contributed by atoms with E-state index in [4.69, 9.17) is 4.74 Å². The average Bonchev–Trinajstić information content (AvgIpc) is 2.84. The van der Waals surface area contributed by atoms with E-state index in [0.29, 0.717) is 10.5 Å². The quantitative estimate of drug-likeness (QED) is 0.762. The monoisotopic (exact) mass is 357 g/mol. The number of methoxy groups -OCH3 is 1. The molecule has 1 heterocycles. The van der Waals surface area contributed by atoms with Crippen LogP contribution in [0.1, 0.15) is 16.7 Å². The number of halogens is 1. The molecule has 0 spiro atoms. The number of nitrogens with zero attached hydrogens (tertiary/aromatic N) is 1. The maximum atomic E-state index is 13.0. The molecule has 0 N–H and O–H groups in total. The number of benzene rings is 2. The van der Waals surface area contributed by atoms with Crippen molar-refractivity contribution in [2.24, 2.45) is 0 Å². The predicted molar refractivity (Wildman–Crippen MR) is 95.6 cm³/mol. The summed E-state index contributed by atoms with van der Waals surface area (Å²) in [6, 6.07) is 11.3. The Hall–Kier alpha value is -2.60. The van der Waals surface area contributed by atoms with Crippen LogP contribution in [0.5, 0.6) is 5.75 Å². The van der Waals surface area contributed by atoms with Gasteiger partial charge < -0.3 is 4.74 Å². The number of carbonyl (C=O) groups excluding carboxylic acids is 2. The zero-order chi connectivity index (χ0) is 18.0. The fourth-order valence-electron chi connectivity index (χ4n) is 2.55. The first-order chi connectivity index (χ1) is 12.0. The van der Waals surface area contributed by atoms with Crippen LogP contribution in [0.3, 0.4) is 0 Å². The minimum absolute atomic E-state index is 0.129. The van der Waals surface area contributed by atoms with E-state index in [-0.39, 0.29) is 23.5 Å². The lowest BCUT2D eigenvalue weighted by Gasteiger charge is -2.12. The van der Waals surface area contributed by atoms with Crippen molar-refractivity contribution in [2.45, 2.75) is 13.5 Å². The first-order valence-electron chi connectivity index (χ1n) is 7.62. The molecule has 0 aromatic heterocycles. The van der Waals surface area contributed by atoms with E-state index < -0.39 is 0 Å². The minimum atomic E-state index is -0.354. The Morgan fingerprint density at radius 1 is 1.16 bits per heavy atom. The number of ether oxygens (including phenoxy) is 1. The van der Waals surface area contributed by atoms with E-state index >= 15 is 0 Å². The highest BCUT2D eigenvalue weighted by Gasteiger charge is 2.34. The van der Waals surface area contributed by atoms with Crippen LogP contribution in [-0.2, 0) is 11.3 Å². The molecule has 0 unspecified atom stereocenters. The van der Waals surface area contributed by atoms with Gasteiger partial charge in [-0.1, -0.05) is 18.2 Å². The summed E-state index contributed by atoms with van der Waals surface area (Å²) in [4.78, 5) is 26.2. The summed E-state index contributed by atoms with van der Waals surface area (Å²) in [5.41, 5.74) is 2.47. The van der Waals surface area contributed by atoms with E-state index in [1.807, 2.05) is 25.1 Å². The van der Waals surface area contributed by atoms with Crippen LogP contribution in [0.4, 0.5) is 9.18 Å². The standard InChI is InChI=1S/C19H16FNO3S/c1-12-9-14(5-8-16(12)24-2)10-17-18(22)21(19(23)25-17)11-13-3-6-15(20)7-4-13/h3-10H,11H2,1-2H3/b17-10+. The van der Waals surface area contributed by atoms with Crippen molar-refractivity contribution in [3.8, 4) is 5.75 Å². The van der Waals surface area contributed by atoms with Gasteiger partial charge in [-0.2, -0.15) is 0 Å². The molecule has 2 aromatic rings. The third-order valence-corrected chi connectivity index (χ3v) is 4.75. The number of hydrogen-bond acceptors (Lipinski definition) is 4. The minimum Gasteiger partial charge on any atom is -0.496 e. The second-order valence-electron chi connectivity index (χ2n) is 5.62. The number of aryl methyl sites for hydroxylation is 1. The Morgan fingerprint density at radius 2 is 1.88 bits per heavy atom. The zero-order valence-electron chi connectivity index (χ0n) is 13.8.